The number of carbonyl (C=O) groups excluding carboxylic acids is 1. The molecule has 1 rings (SSSR count). The first-order chi connectivity index (χ1) is 16.7. The van der Waals surface area contributed by atoms with Gasteiger partial charge in [-0.2, -0.15) is 0 Å². The fraction of sp³-hybridized carbons (Fsp3) is 0.818. The number of hydrogen-bond donors (Lipinski definition) is 5. The smallest absolute Gasteiger partial charge is 0.317 e. The zero-order valence-corrected chi connectivity index (χ0v) is 20.6. The van der Waals surface area contributed by atoms with Crippen molar-refractivity contribution in [3.8, 4) is 0 Å². The van der Waals surface area contributed by atoms with E-state index >= 15 is 0 Å². The first-order valence-electron chi connectivity index (χ1n) is 12.2. The van der Waals surface area contributed by atoms with Gasteiger partial charge >= 0.3 is 17.9 Å². The van der Waals surface area contributed by atoms with Gasteiger partial charge in [-0.1, -0.05) is 12.8 Å². The molecule has 0 bridgehead atoms. The Morgan fingerprint density at radius 2 is 0.914 bits per heavy atom. The lowest BCUT2D eigenvalue weighted by atomic mass is 10.2. The molecule has 0 aliphatic carbocycles. The summed E-state index contributed by atoms with van der Waals surface area (Å²) in [5, 5.41) is 30.7. The SMILES string of the molecule is NCCCCCCNC(=O)CN1CCN(CC(=O)O)CCN(CC(=O)O)CCN(CC(=O)O)CC1. The zero-order valence-electron chi connectivity index (χ0n) is 20.6. The molecule has 35 heavy (non-hydrogen) atoms. The van der Waals surface area contributed by atoms with Gasteiger partial charge in [-0.05, 0) is 19.4 Å². The number of hydrogen-bond acceptors (Lipinski definition) is 9. The van der Waals surface area contributed by atoms with Crippen LogP contribution in [-0.2, 0) is 19.2 Å². The van der Waals surface area contributed by atoms with E-state index in [9.17, 15) is 34.5 Å². The highest BCUT2D eigenvalue weighted by atomic mass is 16.4. The van der Waals surface area contributed by atoms with Crippen LogP contribution in [0.15, 0.2) is 0 Å². The minimum absolute atomic E-state index is 0.127. The van der Waals surface area contributed by atoms with E-state index in [1.807, 2.05) is 4.90 Å². The van der Waals surface area contributed by atoms with Crippen LogP contribution in [-0.4, -0.2) is 150 Å². The van der Waals surface area contributed by atoms with Crippen molar-refractivity contribution in [3.63, 3.8) is 0 Å². The maximum atomic E-state index is 12.5. The van der Waals surface area contributed by atoms with Gasteiger partial charge in [-0.15, -0.1) is 0 Å². The largest absolute Gasteiger partial charge is 0.480 e. The lowest BCUT2D eigenvalue weighted by Gasteiger charge is -2.32. The average Bonchev–Trinajstić information content (AvgIpc) is 2.77. The van der Waals surface area contributed by atoms with E-state index in [1.54, 1.807) is 14.7 Å². The number of nitrogens with one attached hydrogen (secondary N) is 1. The normalized spacial score (nSPS) is 17.9. The molecule has 13 nitrogen and oxygen atoms in total. The Kier molecular flexibility index (Phi) is 15.8. The highest BCUT2D eigenvalue weighted by Gasteiger charge is 2.21. The van der Waals surface area contributed by atoms with Crippen LogP contribution in [0.3, 0.4) is 0 Å². The Morgan fingerprint density at radius 3 is 1.26 bits per heavy atom. The third-order valence-corrected chi connectivity index (χ3v) is 5.83. The first kappa shape index (κ1) is 30.7. The van der Waals surface area contributed by atoms with Crippen LogP contribution in [0, 0.1) is 0 Å². The molecule has 0 radical (unpaired) electrons. The standard InChI is InChI=1S/C22H42N6O7/c23-5-3-1-2-4-6-24-19(29)15-25-7-9-26(16-20(30)31)11-13-28(18-22(34)35)14-12-27(10-8-25)17-21(32)33/h1-18,23H2,(H,24,29)(H,30,31)(H,32,33)(H,34,35). The summed E-state index contributed by atoms with van der Waals surface area (Å²) in [5.74, 6) is -3.08. The average molecular weight is 503 g/mol. The van der Waals surface area contributed by atoms with Crippen LogP contribution in [0.4, 0.5) is 0 Å². The van der Waals surface area contributed by atoms with Crippen LogP contribution in [0.1, 0.15) is 25.7 Å². The predicted octanol–water partition coefficient (Wildman–Crippen LogP) is -1.90. The molecule has 13 heteroatoms. The second kappa shape index (κ2) is 18.0. The van der Waals surface area contributed by atoms with Crippen molar-refractivity contribution in [3.05, 3.63) is 0 Å². The van der Waals surface area contributed by atoms with Crippen LogP contribution in [0.25, 0.3) is 0 Å². The maximum absolute atomic E-state index is 12.5. The summed E-state index contributed by atoms with van der Waals surface area (Å²) in [6.45, 7) is 3.80. The second-order valence-corrected chi connectivity index (χ2v) is 8.84. The van der Waals surface area contributed by atoms with Gasteiger partial charge in [0.25, 0.3) is 0 Å². The molecule has 202 valence electrons. The molecule has 0 unspecified atom stereocenters. The number of carboxylic acids is 3. The molecule has 1 amide bonds. The van der Waals surface area contributed by atoms with Gasteiger partial charge in [0, 0.05) is 58.9 Å². The molecule has 0 saturated carbocycles. The Labute approximate surface area is 206 Å². The quantitative estimate of drug-likeness (QED) is 0.167. The van der Waals surface area contributed by atoms with Crippen LogP contribution >= 0.6 is 0 Å². The van der Waals surface area contributed by atoms with E-state index in [0.29, 0.717) is 65.4 Å². The van der Waals surface area contributed by atoms with Gasteiger partial charge in [-0.3, -0.25) is 38.8 Å². The van der Waals surface area contributed by atoms with Gasteiger partial charge < -0.3 is 26.4 Å². The molecule has 1 fully saturated rings. The van der Waals surface area contributed by atoms with E-state index in [4.69, 9.17) is 5.73 Å². The summed E-state index contributed by atoms with van der Waals surface area (Å²) in [5.41, 5.74) is 5.48. The Bertz CT molecular complexity index is 634. The number of nitrogens with zero attached hydrogens (tertiary/aromatic N) is 4. The van der Waals surface area contributed by atoms with Crippen molar-refractivity contribution in [1.82, 2.24) is 24.9 Å². The van der Waals surface area contributed by atoms with Gasteiger partial charge in [0.2, 0.25) is 5.91 Å². The van der Waals surface area contributed by atoms with Gasteiger partial charge in [0.05, 0.1) is 26.2 Å². The molecular formula is C22H42N6O7. The minimum atomic E-state index is -0.997. The third kappa shape index (κ3) is 16.1. The lowest BCUT2D eigenvalue weighted by molar-refractivity contribution is -0.140. The van der Waals surface area contributed by atoms with Crippen molar-refractivity contribution < 1.29 is 34.5 Å². The summed E-state index contributed by atoms with van der Waals surface area (Å²) in [7, 11) is 0. The van der Waals surface area contributed by atoms with E-state index < -0.39 is 17.9 Å². The number of unbranched alkanes of at least 4 members (excludes halogenated alkanes) is 3. The summed E-state index contributed by atoms with van der Waals surface area (Å²) in [6, 6.07) is 0. The molecule has 1 heterocycles. The van der Waals surface area contributed by atoms with Crippen LogP contribution < -0.4 is 11.1 Å². The summed E-state index contributed by atoms with van der Waals surface area (Å²) in [6.07, 6.45) is 3.86. The van der Waals surface area contributed by atoms with Crippen LogP contribution in [0.5, 0.6) is 0 Å². The molecular weight excluding hydrogens is 460 g/mol. The van der Waals surface area contributed by atoms with E-state index in [1.165, 1.54) is 0 Å². The minimum Gasteiger partial charge on any atom is -0.480 e. The fourth-order valence-corrected chi connectivity index (χ4v) is 3.89. The monoisotopic (exact) mass is 502 g/mol. The number of carboxylic acid groups (broad SMARTS) is 3. The molecule has 0 atom stereocenters. The van der Waals surface area contributed by atoms with E-state index in [0.717, 1.165) is 25.7 Å². The molecule has 0 spiro atoms. The van der Waals surface area contributed by atoms with Crippen molar-refractivity contribution in [1.29, 1.82) is 0 Å². The van der Waals surface area contributed by atoms with E-state index in [-0.39, 0.29) is 32.1 Å². The van der Waals surface area contributed by atoms with Crippen molar-refractivity contribution in [2.75, 3.05) is 91.6 Å². The molecule has 1 aliphatic rings. The maximum Gasteiger partial charge on any atom is 0.317 e. The van der Waals surface area contributed by atoms with Gasteiger partial charge in [0.15, 0.2) is 0 Å². The molecule has 0 aromatic rings. The third-order valence-electron chi connectivity index (χ3n) is 5.83. The fourth-order valence-electron chi connectivity index (χ4n) is 3.89. The number of carbonyl (C=O) groups is 4. The molecule has 0 aromatic carbocycles. The number of rotatable bonds is 14. The summed E-state index contributed by atoms with van der Waals surface area (Å²) >= 11 is 0. The Balaban J connectivity index is 2.79. The zero-order chi connectivity index (χ0) is 26.1. The molecule has 1 aliphatic heterocycles. The Hall–Kier alpha value is -2.32. The molecule has 1 saturated heterocycles. The van der Waals surface area contributed by atoms with Crippen molar-refractivity contribution in [2.24, 2.45) is 5.73 Å². The number of aliphatic carboxylic acids is 3. The topological polar surface area (TPSA) is 180 Å². The van der Waals surface area contributed by atoms with Crippen molar-refractivity contribution in [2.45, 2.75) is 25.7 Å². The first-order valence-corrected chi connectivity index (χ1v) is 12.2. The van der Waals surface area contributed by atoms with Crippen LogP contribution in [0.2, 0.25) is 0 Å². The lowest BCUT2D eigenvalue weighted by Crippen LogP contribution is -2.49. The highest BCUT2D eigenvalue weighted by Crippen LogP contribution is 2.02. The van der Waals surface area contributed by atoms with Crippen molar-refractivity contribution >= 4 is 23.8 Å². The molecule has 0 aromatic heterocycles. The molecule has 6 N–H and O–H groups in total. The van der Waals surface area contributed by atoms with Gasteiger partial charge in [-0.25, -0.2) is 0 Å². The summed E-state index contributed by atoms with van der Waals surface area (Å²) in [4.78, 5) is 53.4. The summed E-state index contributed by atoms with van der Waals surface area (Å²) < 4.78 is 0. The predicted molar refractivity (Wildman–Crippen MR) is 129 cm³/mol. The van der Waals surface area contributed by atoms with E-state index in [2.05, 4.69) is 5.32 Å². The highest BCUT2D eigenvalue weighted by molar-refractivity contribution is 5.78. The van der Waals surface area contributed by atoms with Gasteiger partial charge in [0.1, 0.15) is 0 Å². The number of amides is 1. The Morgan fingerprint density at radius 1 is 0.571 bits per heavy atom. The second-order valence-electron chi connectivity index (χ2n) is 8.84. The number of nitrogens with two attached hydrogens (primary N) is 1.